The van der Waals surface area contributed by atoms with Crippen molar-refractivity contribution in [2.45, 2.75) is 13.0 Å². The van der Waals surface area contributed by atoms with Gasteiger partial charge in [-0.15, -0.1) is 0 Å². The SMILES string of the molecule is C=C(/C=C\C(=C/C)c1ccccc1)c1cc(-c2ccccc2)ccc1NC.N\C=C/C=C\C=C\C(N)c1ccccc1. The summed E-state index contributed by atoms with van der Waals surface area (Å²) in [5.41, 5.74) is 20.2. The van der Waals surface area contributed by atoms with Crippen molar-refractivity contribution in [3.63, 3.8) is 0 Å². The predicted molar refractivity (Wildman–Crippen MR) is 185 cm³/mol. The van der Waals surface area contributed by atoms with Crippen LogP contribution in [0.1, 0.15) is 29.7 Å². The third kappa shape index (κ3) is 9.81. The summed E-state index contributed by atoms with van der Waals surface area (Å²) < 4.78 is 0. The molecule has 0 spiro atoms. The molecule has 0 radical (unpaired) electrons. The third-order valence-corrected chi connectivity index (χ3v) is 6.57. The Hall–Kier alpha value is -5.12. The molecule has 0 aliphatic carbocycles. The zero-order chi connectivity index (χ0) is 30.0. The standard InChI is InChI=1S/C26H25N.C13H16N2/c1-4-21(22-11-7-5-8-12-22)16-15-20(2)25-19-24(17-18-26(25)27-3)23-13-9-6-10-14-23;14-11-7-2-1-6-10-13(15)12-8-4-3-5-9-12/h4-19,27H,2H2,1,3H3;1-11,13H,14-15H2/b16-15-,21-4+;2-1-,10-6+,11-7-. The summed E-state index contributed by atoms with van der Waals surface area (Å²) >= 11 is 0. The first-order valence-electron chi connectivity index (χ1n) is 14.1. The first kappa shape index (κ1) is 31.4. The van der Waals surface area contributed by atoms with Gasteiger partial charge in [0.05, 0.1) is 0 Å². The fraction of sp³-hybridized carbons (Fsp3) is 0.0769. The lowest BCUT2D eigenvalue weighted by molar-refractivity contribution is 0.911. The lowest BCUT2D eigenvalue weighted by Crippen LogP contribution is -2.06. The largest absolute Gasteiger partial charge is 0.405 e. The van der Waals surface area contributed by atoms with E-state index in [2.05, 4.69) is 104 Å². The van der Waals surface area contributed by atoms with E-state index in [9.17, 15) is 0 Å². The third-order valence-electron chi connectivity index (χ3n) is 6.57. The summed E-state index contributed by atoms with van der Waals surface area (Å²) in [7, 11) is 1.94. The molecule has 212 valence electrons. The summed E-state index contributed by atoms with van der Waals surface area (Å²) in [5, 5.41) is 3.28. The van der Waals surface area contributed by atoms with Crippen LogP contribution in [-0.2, 0) is 0 Å². The van der Waals surface area contributed by atoms with Gasteiger partial charge in [-0.2, -0.15) is 0 Å². The minimum absolute atomic E-state index is 0.0577. The van der Waals surface area contributed by atoms with Crippen LogP contribution in [0.2, 0.25) is 0 Å². The lowest BCUT2D eigenvalue weighted by Gasteiger charge is -2.12. The molecular weight excluding hydrogens is 510 g/mol. The number of nitrogens with one attached hydrogen (secondary N) is 1. The molecule has 42 heavy (non-hydrogen) atoms. The smallest absolute Gasteiger partial charge is 0.0484 e. The minimum Gasteiger partial charge on any atom is -0.405 e. The van der Waals surface area contributed by atoms with Crippen molar-refractivity contribution in [3.8, 4) is 11.1 Å². The van der Waals surface area contributed by atoms with E-state index in [0.29, 0.717) is 0 Å². The second-order valence-electron chi connectivity index (χ2n) is 9.44. The number of hydrogen-bond acceptors (Lipinski definition) is 3. The average Bonchev–Trinajstić information content (AvgIpc) is 3.06. The van der Waals surface area contributed by atoms with Gasteiger partial charge in [0.2, 0.25) is 0 Å². The average molecular weight is 552 g/mol. The molecule has 0 heterocycles. The first-order valence-corrected chi connectivity index (χ1v) is 14.1. The Morgan fingerprint density at radius 3 is 1.98 bits per heavy atom. The number of hydrogen-bond donors (Lipinski definition) is 3. The summed E-state index contributed by atoms with van der Waals surface area (Å²) in [5.74, 6) is 0. The van der Waals surface area contributed by atoms with Crippen LogP contribution in [0.15, 0.2) is 171 Å². The van der Waals surface area contributed by atoms with Gasteiger partial charge < -0.3 is 16.8 Å². The Morgan fingerprint density at radius 1 is 0.738 bits per heavy atom. The van der Waals surface area contributed by atoms with Crippen LogP contribution < -0.4 is 16.8 Å². The van der Waals surface area contributed by atoms with Crippen molar-refractivity contribution < 1.29 is 0 Å². The molecule has 4 rings (SSSR count). The van der Waals surface area contributed by atoms with Crippen molar-refractivity contribution in [2.24, 2.45) is 11.5 Å². The summed E-state index contributed by atoms with van der Waals surface area (Å²) in [6.07, 6.45) is 17.2. The molecule has 0 aromatic heterocycles. The highest BCUT2D eigenvalue weighted by atomic mass is 14.8. The monoisotopic (exact) mass is 551 g/mol. The molecule has 0 bridgehead atoms. The van der Waals surface area contributed by atoms with Crippen LogP contribution in [0.25, 0.3) is 22.3 Å². The Balaban J connectivity index is 0.000000274. The van der Waals surface area contributed by atoms with Gasteiger partial charge in [0.1, 0.15) is 0 Å². The van der Waals surface area contributed by atoms with Crippen molar-refractivity contribution in [1.82, 2.24) is 0 Å². The minimum atomic E-state index is -0.0577. The Kier molecular flexibility index (Phi) is 13.1. The molecule has 0 fully saturated rings. The Morgan fingerprint density at radius 2 is 1.36 bits per heavy atom. The zero-order valence-electron chi connectivity index (χ0n) is 24.5. The van der Waals surface area contributed by atoms with E-state index in [1.165, 1.54) is 28.5 Å². The number of allylic oxidation sites excluding steroid dienone is 9. The molecule has 5 N–H and O–H groups in total. The predicted octanol–water partition coefficient (Wildman–Crippen LogP) is 9.34. The van der Waals surface area contributed by atoms with Gasteiger partial charge in [-0.05, 0) is 64.7 Å². The van der Waals surface area contributed by atoms with Crippen LogP contribution in [-0.4, -0.2) is 7.05 Å². The molecule has 0 saturated heterocycles. The van der Waals surface area contributed by atoms with E-state index in [1.807, 2.05) is 73.8 Å². The highest BCUT2D eigenvalue weighted by Crippen LogP contribution is 2.30. The van der Waals surface area contributed by atoms with Crippen molar-refractivity contribution in [1.29, 1.82) is 0 Å². The van der Waals surface area contributed by atoms with Crippen molar-refractivity contribution >= 4 is 16.8 Å². The molecular formula is C39H41N3. The molecule has 0 aliphatic heterocycles. The second-order valence-corrected chi connectivity index (χ2v) is 9.44. The molecule has 0 saturated carbocycles. The van der Waals surface area contributed by atoms with Crippen LogP contribution in [0, 0.1) is 0 Å². The van der Waals surface area contributed by atoms with Crippen LogP contribution in [0.3, 0.4) is 0 Å². The Bertz CT molecular complexity index is 1530. The molecule has 4 aromatic carbocycles. The fourth-order valence-electron chi connectivity index (χ4n) is 4.27. The van der Waals surface area contributed by atoms with E-state index < -0.39 is 0 Å². The van der Waals surface area contributed by atoms with Crippen molar-refractivity contribution in [2.75, 3.05) is 12.4 Å². The lowest BCUT2D eigenvalue weighted by atomic mass is 9.97. The van der Waals surface area contributed by atoms with E-state index in [4.69, 9.17) is 11.5 Å². The maximum absolute atomic E-state index is 5.95. The first-order chi connectivity index (χ1) is 20.6. The normalized spacial score (nSPS) is 12.5. The quantitative estimate of drug-likeness (QED) is 0.172. The molecule has 0 amide bonds. The Labute approximate surface area is 251 Å². The maximum atomic E-state index is 5.95. The van der Waals surface area contributed by atoms with E-state index in [-0.39, 0.29) is 6.04 Å². The molecule has 1 unspecified atom stereocenters. The van der Waals surface area contributed by atoms with Crippen LogP contribution in [0.5, 0.6) is 0 Å². The molecule has 4 aromatic rings. The van der Waals surface area contributed by atoms with Crippen LogP contribution >= 0.6 is 0 Å². The van der Waals surface area contributed by atoms with E-state index >= 15 is 0 Å². The van der Waals surface area contributed by atoms with Gasteiger partial charge in [0, 0.05) is 24.3 Å². The van der Waals surface area contributed by atoms with E-state index in [0.717, 1.165) is 22.4 Å². The highest BCUT2D eigenvalue weighted by molar-refractivity contribution is 5.86. The zero-order valence-corrected chi connectivity index (χ0v) is 24.5. The summed E-state index contributed by atoms with van der Waals surface area (Å²) in [6, 6.07) is 37.2. The fourth-order valence-corrected chi connectivity index (χ4v) is 4.27. The van der Waals surface area contributed by atoms with Gasteiger partial charge in [0.15, 0.2) is 0 Å². The van der Waals surface area contributed by atoms with Gasteiger partial charge in [-0.3, -0.25) is 0 Å². The molecule has 1 atom stereocenters. The summed E-state index contributed by atoms with van der Waals surface area (Å²) in [6.45, 7) is 6.37. The molecule has 3 nitrogen and oxygen atoms in total. The van der Waals surface area contributed by atoms with Gasteiger partial charge in [0.25, 0.3) is 0 Å². The van der Waals surface area contributed by atoms with E-state index in [1.54, 1.807) is 6.08 Å². The highest BCUT2D eigenvalue weighted by Gasteiger charge is 2.07. The van der Waals surface area contributed by atoms with Gasteiger partial charge in [-0.25, -0.2) is 0 Å². The number of nitrogens with two attached hydrogens (primary N) is 2. The second kappa shape index (κ2) is 17.5. The molecule has 0 aliphatic rings. The van der Waals surface area contributed by atoms with Gasteiger partial charge >= 0.3 is 0 Å². The van der Waals surface area contributed by atoms with Crippen molar-refractivity contribution in [3.05, 3.63) is 187 Å². The number of anilines is 1. The summed E-state index contributed by atoms with van der Waals surface area (Å²) in [4.78, 5) is 0. The topological polar surface area (TPSA) is 64.1 Å². The van der Waals surface area contributed by atoms with Gasteiger partial charge in [-0.1, -0.05) is 146 Å². The maximum Gasteiger partial charge on any atom is 0.0484 e. The number of rotatable bonds is 10. The van der Waals surface area contributed by atoms with Crippen LogP contribution in [0.4, 0.5) is 5.69 Å². The number of benzene rings is 4. The molecule has 3 heteroatoms.